The van der Waals surface area contributed by atoms with Crippen LogP contribution in [0.2, 0.25) is 0 Å². The molecule has 0 bridgehead atoms. The second kappa shape index (κ2) is 5.87. The number of aromatic nitrogens is 2. The minimum absolute atomic E-state index is 0.220. The predicted octanol–water partition coefficient (Wildman–Crippen LogP) is 2.25. The maximum atomic E-state index is 13.3. The van der Waals surface area contributed by atoms with E-state index in [1.165, 1.54) is 22.9 Å². The number of carboxylic acid groups (broad SMARTS) is 1. The summed E-state index contributed by atoms with van der Waals surface area (Å²) in [5, 5.41) is 9.08. The lowest BCUT2D eigenvalue weighted by atomic mass is 10.2. The van der Waals surface area contributed by atoms with Crippen LogP contribution in [-0.2, 0) is 6.54 Å². The molecule has 1 aromatic heterocycles. The molecule has 1 heterocycles. The van der Waals surface area contributed by atoms with E-state index < -0.39 is 17.3 Å². The summed E-state index contributed by atoms with van der Waals surface area (Å²) in [6.45, 7) is 2.34. The summed E-state index contributed by atoms with van der Waals surface area (Å²) in [7, 11) is 0. The summed E-state index contributed by atoms with van der Waals surface area (Å²) in [6, 6.07) is 3.66. The van der Waals surface area contributed by atoms with E-state index in [4.69, 9.17) is 5.11 Å². The van der Waals surface area contributed by atoms with Crippen molar-refractivity contribution in [2.75, 3.05) is 0 Å². The number of carbonyl (C=O) groups is 1. The van der Waals surface area contributed by atoms with Crippen LogP contribution in [0.4, 0.5) is 4.39 Å². The van der Waals surface area contributed by atoms with E-state index in [-0.39, 0.29) is 10.6 Å². The first-order valence-corrected chi connectivity index (χ1v) is 6.60. The maximum Gasteiger partial charge on any atom is 0.338 e. The Morgan fingerprint density at radius 1 is 1.50 bits per heavy atom. The van der Waals surface area contributed by atoms with Crippen molar-refractivity contribution >= 4 is 17.7 Å². The van der Waals surface area contributed by atoms with Gasteiger partial charge in [0.2, 0.25) is 0 Å². The molecule has 0 amide bonds. The van der Waals surface area contributed by atoms with Crippen molar-refractivity contribution in [2.45, 2.75) is 23.4 Å². The first kappa shape index (κ1) is 14.3. The molecule has 2 aromatic rings. The van der Waals surface area contributed by atoms with Crippen molar-refractivity contribution in [3.05, 3.63) is 52.3 Å². The molecular formula is C13H11FN2O3S. The van der Waals surface area contributed by atoms with E-state index in [1.54, 1.807) is 6.20 Å². The van der Waals surface area contributed by atoms with Gasteiger partial charge in [0.05, 0.1) is 5.56 Å². The first-order valence-electron chi connectivity index (χ1n) is 5.79. The number of aromatic carboxylic acids is 1. The van der Waals surface area contributed by atoms with Gasteiger partial charge in [0.1, 0.15) is 5.82 Å². The average Bonchev–Trinajstić information content (AvgIpc) is 2.43. The van der Waals surface area contributed by atoms with Crippen molar-refractivity contribution < 1.29 is 14.3 Å². The van der Waals surface area contributed by atoms with Crippen LogP contribution in [0.5, 0.6) is 0 Å². The molecule has 104 valence electrons. The molecule has 0 saturated carbocycles. The number of hydrogen-bond acceptors (Lipinski definition) is 4. The van der Waals surface area contributed by atoms with Crippen LogP contribution in [0.1, 0.15) is 17.3 Å². The monoisotopic (exact) mass is 294 g/mol. The van der Waals surface area contributed by atoms with E-state index in [2.05, 4.69) is 4.98 Å². The van der Waals surface area contributed by atoms with Gasteiger partial charge >= 0.3 is 5.97 Å². The lowest BCUT2D eigenvalue weighted by Gasteiger charge is -2.05. The molecule has 0 atom stereocenters. The van der Waals surface area contributed by atoms with Crippen LogP contribution in [0.25, 0.3) is 0 Å². The van der Waals surface area contributed by atoms with Crippen LogP contribution in [0.3, 0.4) is 0 Å². The topological polar surface area (TPSA) is 72.2 Å². The molecule has 0 radical (unpaired) electrons. The average molecular weight is 294 g/mol. The number of hydrogen-bond donors (Lipinski definition) is 1. The summed E-state index contributed by atoms with van der Waals surface area (Å²) in [5.41, 5.74) is -0.692. The number of aryl methyl sites for hydroxylation is 1. The fourth-order valence-electron chi connectivity index (χ4n) is 1.59. The molecule has 0 saturated heterocycles. The Hall–Kier alpha value is -2.15. The van der Waals surface area contributed by atoms with Gasteiger partial charge in [-0.3, -0.25) is 4.79 Å². The van der Waals surface area contributed by atoms with Gasteiger partial charge < -0.3 is 9.67 Å². The summed E-state index contributed by atoms with van der Waals surface area (Å²) in [5.74, 6) is -2.16. The van der Waals surface area contributed by atoms with Gasteiger partial charge in [-0.05, 0) is 25.1 Å². The second-order valence-electron chi connectivity index (χ2n) is 3.87. The van der Waals surface area contributed by atoms with Gasteiger partial charge in [0, 0.05) is 23.8 Å². The van der Waals surface area contributed by atoms with Crippen molar-refractivity contribution in [2.24, 2.45) is 0 Å². The molecule has 0 spiro atoms. The zero-order valence-corrected chi connectivity index (χ0v) is 11.4. The third kappa shape index (κ3) is 2.88. The molecular weight excluding hydrogens is 283 g/mol. The fourth-order valence-corrected chi connectivity index (χ4v) is 2.44. The highest BCUT2D eigenvalue weighted by Gasteiger charge is 2.13. The Kier molecular flexibility index (Phi) is 4.19. The molecule has 1 N–H and O–H groups in total. The zero-order chi connectivity index (χ0) is 14.7. The third-order valence-electron chi connectivity index (χ3n) is 2.61. The highest BCUT2D eigenvalue weighted by atomic mass is 32.2. The molecule has 20 heavy (non-hydrogen) atoms. The lowest BCUT2D eigenvalue weighted by molar-refractivity contribution is 0.0691. The van der Waals surface area contributed by atoms with Crippen molar-refractivity contribution in [3.63, 3.8) is 0 Å². The Morgan fingerprint density at radius 2 is 2.25 bits per heavy atom. The Bertz CT molecular complexity index is 715. The van der Waals surface area contributed by atoms with Crippen molar-refractivity contribution in [1.29, 1.82) is 0 Å². The van der Waals surface area contributed by atoms with E-state index in [1.807, 2.05) is 6.92 Å². The molecule has 0 fully saturated rings. The fraction of sp³-hybridized carbons (Fsp3) is 0.154. The smallest absolute Gasteiger partial charge is 0.338 e. The standard InChI is InChI=1S/C13H11FN2O3S/c1-2-16-6-5-15-11(12(16)17)20-8-3-4-10(14)9(7-8)13(18)19/h3-7H,2H2,1H3,(H,18,19). The number of rotatable bonds is 4. The van der Waals surface area contributed by atoms with Gasteiger partial charge in [-0.2, -0.15) is 0 Å². The van der Waals surface area contributed by atoms with Crippen LogP contribution in [-0.4, -0.2) is 20.6 Å². The molecule has 0 unspecified atom stereocenters. The van der Waals surface area contributed by atoms with Gasteiger partial charge in [0.25, 0.3) is 5.56 Å². The molecule has 7 heteroatoms. The van der Waals surface area contributed by atoms with Gasteiger partial charge in [-0.25, -0.2) is 14.2 Å². The number of nitrogens with zero attached hydrogens (tertiary/aromatic N) is 2. The minimum Gasteiger partial charge on any atom is -0.478 e. The molecule has 5 nitrogen and oxygen atoms in total. The number of benzene rings is 1. The predicted molar refractivity (Wildman–Crippen MR) is 71.7 cm³/mol. The molecule has 0 aliphatic heterocycles. The van der Waals surface area contributed by atoms with Crippen LogP contribution in [0.15, 0.2) is 45.3 Å². The Balaban J connectivity index is 2.38. The van der Waals surface area contributed by atoms with Gasteiger partial charge in [-0.1, -0.05) is 11.8 Å². The molecule has 0 aliphatic rings. The van der Waals surface area contributed by atoms with Crippen LogP contribution in [0, 0.1) is 5.82 Å². The van der Waals surface area contributed by atoms with Crippen LogP contribution < -0.4 is 5.56 Å². The van der Waals surface area contributed by atoms with E-state index in [0.717, 1.165) is 17.8 Å². The summed E-state index contributed by atoms with van der Waals surface area (Å²) in [4.78, 5) is 27.3. The SMILES string of the molecule is CCn1ccnc(Sc2ccc(F)c(C(=O)O)c2)c1=O. The maximum absolute atomic E-state index is 13.3. The van der Waals surface area contributed by atoms with Crippen molar-refractivity contribution in [1.82, 2.24) is 9.55 Å². The molecule has 0 aliphatic carbocycles. The first-order chi connectivity index (χ1) is 9.52. The summed E-state index contributed by atoms with van der Waals surface area (Å²) >= 11 is 1.01. The Morgan fingerprint density at radius 3 is 2.90 bits per heavy atom. The van der Waals surface area contributed by atoms with E-state index >= 15 is 0 Å². The molecule has 1 aromatic carbocycles. The summed E-state index contributed by atoms with van der Waals surface area (Å²) in [6.07, 6.45) is 3.06. The quantitative estimate of drug-likeness (QED) is 0.936. The zero-order valence-electron chi connectivity index (χ0n) is 10.5. The lowest BCUT2D eigenvalue weighted by Crippen LogP contribution is -2.20. The number of halogens is 1. The van der Waals surface area contributed by atoms with Gasteiger partial charge in [0.15, 0.2) is 5.03 Å². The summed E-state index contributed by atoms with van der Waals surface area (Å²) < 4.78 is 14.8. The van der Waals surface area contributed by atoms with Crippen LogP contribution >= 0.6 is 11.8 Å². The highest BCUT2D eigenvalue weighted by Crippen LogP contribution is 2.25. The highest BCUT2D eigenvalue weighted by molar-refractivity contribution is 7.99. The van der Waals surface area contributed by atoms with Crippen molar-refractivity contribution in [3.8, 4) is 0 Å². The normalized spacial score (nSPS) is 10.5. The Labute approximate surface area is 118 Å². The molecule has 2 rings (SSSR count). The largest absolute Gasteiger partial charge is 0.478 e. The van der Waals surface area contributed by atoms with Gasteiger partial charge in [-0.15, -0.1) is 0 Å². The second-order valence-corrected chi connectivity index (χ2v) is 4.93. The number of carboxylic acids is 1. The minimum atomic E-state index is -1.35. The van der Waals surface area contributed by atoms with E-state index in [0.29, 0.717) is 11.4 Å². The third-order valence-corrected chi connectivity index (χ3v) is 3.57. The van der Waals surface area contributed by atoms with E-state index in [9.17, 15) is 14.0 Å².